The van der Waals surface area contributed by atoms with Gasteiger partial charge < -0.3 is 9.80 Å². The summed E-state index contributed by atoms with van der Waals surface area (Å²) in [5, 5.41) is 16.9. The Morgan fingerprint density at radius 2 is 1.90 bits per heavy atom. The number of hydrogen-bond donors (Lipinski definition) is 1. The van der Waals surface area contributed by atoms with Crippen LogP contribution >= 0.6 is 23.8 Å². The van der Waals surface area contributed by atoms with Gasteiger partial charge in [0, 0.05) is 36.8 Å². The first kappa shape index (κ1) is 21.0. The van der Waals surface area contributed by atoms with E-state index in [-0.39, 0.29) is 18.0 Å². The number of nitrogens with zero attached hydrogens (tertiary/aromatic N) is 5. The first-order chi connectivity index (χ1) is 15.0. The second kappa shape index (κ2) is 8.88. The highest BCUT2D eigenvalue weighted by Crippen LogP contribution is 2.24. The number of aromatic nitrogens is 3. The molecule has 7 nitrogen and oxygen atoms in total. The minimum Gasteiger partial charge on any atom is -0.367 e. The molecule has 1 saturated heterocycles. The smallest absolute Gasteiger partial charge is 0.242 e. The third kappa shape index (κ3) is 4.31. The zero-order valence-electron chi connectivity index (χ0n) is 16.4. The minimum atomic E-state index is -0.539. The zero-order valence-corrected chi connectivity index (χ0v) is 18.0. The molecule has 1 amide bonds. The predicted molar refractivity (Wildman–Crippen MR) is 118 cm³/mol. The van der Waals surface area contributed by atoms with Gasteiger partial charge in [-0.1, -0.05) is 17.7 Å². The van der Waals surface area contributed by atoms with Gasteiger partial charge in [-0.05, 0) is 48.6 Å². The van der Waals surface area contributed by atoms with Crippen molar-refractivity contribution in [3.05, 3.63) is 63.6 Å². The van der Waals surface area contributed by atoms with Gasteiger partial charge in [0.05, 0.1) is 5.69 Å². The first-order valence-electron chi connectivity index (χ1n) is 9.60. The summed E-state index contributed by atoms with van der Waals surface area (Å²) in [6, 6.07) is 13.6. The standard InChI is InChI=1S/C21H18ClFN6OS/c22-15-6-4-14(5-7-15)20-25-26-21(31)29(20)13-19(30)28-10-8-27(9-11-28)18-3-1-2-17(23)16(18)12-24/h1-7H,8-11,13H2,(H,26,31). The Morgan fingerprint density at radius 1 is 1.19 bits per heavy atom. The van der Waals surface area contributed by atoms with Crippen molar-refractivity contribution in [2.24, 2.45) is 0 Å². The molecule has 0 aliphatic carbocycles. The van der Waals surface area contributed by atoms with Gasteiger partial charge in [0.2, 0.25) is 5.91 Å². The van der Waals surface area contributed by atoms with E-state index in [2.05, 4.69) is 10.2 Å². The molecule has 0 spiro atoms. The molecule has 0 bridgehead atoms. The highest BCUT2D eigenvalue weighted by atomic mass is 35.5. The van der Waals surface area contributed by atoms with E-state index in [1.54, 1.807) is 33.7 Å². The first-order valence-corrected chi connectivity index (χ1v) is 10.4. The fourth-order valence-electron chi connectivity index (χ4n) is 3.60. The van der Waals surface area contributed by atoms with E-state index < -0.39 is 5.82 Å². The molecule has 3 aromatic rings. The molecule has 1 fully saturated rings. The highest BCUT2D eigenvalue weighted by Gasteiger charge is 2.24. The van der Waals surface area contributed by atoms with Gasteiger partial charge in [0.25, 0.3) is 0 Å². The minimum absolute atomic E-state index is 0.0274. The van der Waals surface area contributed by atoms with Crippen molar-refractivity contribution < 1.29 is 9.18 Å². The zero-order chi connectivity index (χ0) is 22.0. The summed E-state index contributed by atoms with van der Waals surface area (Å²) in [5.74, 6) is -0.0678. The Labute approximate surface area is 188 Å². The summed E-state index contributed by atoms with van der Waals surface area (Å²) in [4.78, 5) is 16.6. The number of hydrogen-bond acceptors (Lipinski definition) is 5. The number of carbonyl (C=O) groups is 1. The molecule has 0 radical (unpaired) electrons. The van der Waals surface area contributed by atoms with Crippen LogP contribution in [-0.2, 0) is 11.3 Å². The molecule has 158 valence electrons. The van der Waals surface area contributed by atoms with E-state index in [0.29, 0.717) is 47.5 Å². The Balaban J connectivity index is 1.46. The lowest BCUT2D eigenvalue weighted by Crippen LogP contribution is -2.49. The molecule has 1 aliphatic rings. The molecule has 2 aromatic carbocycles. The molecule has 1 N–H and O–H groups in total. The van der Waals surface area contributed by atoms with Gasteiger partial charge in [0.15, 0.2) is 10.6 Å². The van der Waals surface area contributed by atoms with Crippen LogP contribution in [-0.4, -0.2) is 51.8 Å². The van der Waals surface area contributed by atoms with Crippen molar-refractivity contribution >= 4 is 35.4 Å². The van der Waals surface area contributed by atoms with Crippen LogP contribution in [0.15, 0.2) is 42.5 Å². The number of carbonyl (C=O) groups excluding carboxylic acids is 1. The molecule has 2 heterocycles. The lowest BCUT2D eigenvalue weighted by atomic mass is 10.1. The Kier molecular flexibility index (Phi) is 6.02. The SMILES string of the molecule is N#Cc1c(F)cccc1N1CCN(C(=O)Cn2c(-c3ccc(Cl)cc3)n[nH]c2=S)CC1. The van der Waals surface area contributed by atoms with Crippen molar-refractivity contribution in [1.82, 2.24) is 19.7 Å². The summed E-state index contributed by atoms with van der Waals surface area (Å²) in [5.41, 5.74) is 1.38. The second-order valence-electron chi connectivity index (χ2n) is 7.06. The van der Waals surface area contributed by atoms with Crippen molar-refractivity contribution in [2.45, 2.75) is 6.54 Å². The molecule has 1 aliphatic heterocycles. The van der Waals surface area contributed by atoms with Crippen molar-refractivity contribution in [3.63, 3.8) is 0 Å². The van der Waals surface area contributed by atoms with Gasteiger partial charge >= 0.3 is 0 Å². The number of halogens is 2. The van der Waals surface area contributed by atoms with E-state index in [0.717, 1.165) is 5.56 Å². The molecular weight excluding hydrogens is 439 g/mol. The number of H-pyrrole nitrogens is 1. The fraction of sp³-hybridized carbons (Fsp3) is 0.238. The number of benzene rings is 2. The number of anilines is 1. The Hall–Kier alpha value is -3.22. The van der Waals surface area contributed by atoms with E-state index >= 15 is 0 Å². The van der Waals surface area contributed by atoms with Crippen LogP contribution in [0.25, 0.3) is 11.4 Å². The van der Waals surface area contributed by atoms with E-state index in [4.69, 9.17) is 23.8 Å². The maximum atomic E-state index is 13.9. The molecule has 31 heavy (non-hydrogen) atoms. The van der Waals surface area contributed by atoms with Crippen LogP contribution in [0.3, 0.4) is 0 Å². The van der Waals surface area contributed by atoms with Crippen LogP contribution < -0.4 is 4.90 Å². The van der Waals surface area contributed by atoms with Gasteiger partial charge in [-0.15, -0.1) is 0 Å². The second-order valence-corrected chi connectivity index (χ2v) is 7.88. The molecule has 10 heteroatoms. The van der Waals surface area contributed by atoms with Crippen LogP contribution in [0.4, 0.5) is 10.1 Å². The lowest BCUT2D eigenvalue weighted by molar-refractivity contribution is -0.132. The van der Waals surface area contributed by atoms with Gasteiger partial charge in [-0.3, -0.25) is 14.5 Å². The van der Waals surface area contributed by atoms with Crippen molar-refractivity contribution in [2.75, 3.05) is 31.1 Å². The van der Waals surface area contributed by atoms with Crippen LogP contribution in [0.5, 0.6) is 0 Å². The van der Waals surface area contributed by atoms with E-state index in [1.807, 2.05) is 23.1 Å². The van der Waals surface area contributed by atoms with Gasteiger partial charge in [0.1, 0.15) is 24.0 Å². The Morgan fingerprint density at radius 3 is 2.58 bits per heavy atom. The summed E-state index contributed by atoms with van der Waals surface area (Å²) >= 11 is 11.3. The topological polar surface area (TPSA) is 80.9 Å². The van der Waals surface area contributed by atoms with E-state index in [9.17, 15) is 14.4 Å². The maximum absolute atomic E-state index is 13.9. The summed E-state index contributed by atoms with van der Waals surface area (Å²) in [6.45, 7) is 1.98. The quantitative estimate of drug-likeness (QED) is 0.606. The molecule has 1 aromatic heterocycles. The van der Waals surface area contributed by atoms with Crippen LogP contribution in [0, 0.1) is 21.9 Å². The summed E-state index contributed by atoms with van der Waals surface area (Å²) < 4.78 is 15.9. The average molecular weight is 457 g/mol. The summed E-state index contributed by atoms with van der Waals surface area (Å²) in [6.07, 6.45) is 0. The third-order valence-electron chi connectivity index (χ3n) is 5.23. The van der Waals surface area contributed by atoms with E-state index in [1.165, 1.54) is 6.07 Å². The predicted octanol–water partition coefficient (Wildman–Crippen LogP) is 3.62. The van der Waals surface area contributed by atoms with Gasteiger partial charge in [-0.25, -0.2) is 4.39 Å². The highest BCUT2D eigenvalue weighted by molar-refractivity contribution is 7.71. The molecule has 0 atom stereocenters. The number of nitriles is 1. The fourth-order valence-corrected chi connectivity index (χ4v) is 3.93. The number of rotatable bonds is 4. The molecule has 0 saturated carbocycles. The number of amides is 1. The largest absolute Gasteiger partial charge is 0.367 e. The van der Waals surface area contributed by atoms with Crippen molar-refractivity contribution in [3.8, 4) is 17.5 Å². The molecule has 4 rings (SSSR count). The van der Waals surface area contributed by atoms with Crippen LogP contribution in [0.1, 0.15) is 5.56 Å². The normalized spacial score (nSPS) is 13.8. The third-order valence-corrected chi connectivity index (χ3v) is 5.79. The lowest BCUT2D eigenvalue weighted by Gasteiger charge is -2.36. The molecular formula is C21H18ClFN6OS. The summed E-state index contributed by atoms with van der Waals surface area (Å²) in [7, 11) is 0. The van der Waals surface area contributed by atoms with Crippen LogP contribution in [0.2, 0.25) is 5.02 Å². The van der Waals surface area contributed by atoms with Gasteiger partial charge in [-0.2, -0.15) is 10.4 Å². The monoisotopic (exact) mass is 456 g/mol. The number of piperazine rings is 1. The van der Waals surface area contributed by atoms with Crippen molar-refractivity contribution in [1.29, 1.82) is 5.26 Å². The average Bonchev–Trinajstić information content (AvgIpc) is 3.14. The number of nitrogens with one attached hydrogen (secondary N) is 1. The number of aromatic amines is 1. The molecule has 0 unspecified atom stereocenters. The Bertz CT molecular complexity index is 1210. The maximum Gasteiger partial charge on any atom is 0.242 e.